The van der Waals surface area contributed by atoms with Gasteiger partial charge in [-0.1, -0.05) is 23.2 Å². The van der Waals surface area contributed by atoms with Crippen molar-refractivity contribution < 1.29 is 27.1 Å². The second-order valence-electron chi connectivity index (χ2n) is 5.43. The van der Waals surface area contributed by atoms with Crippen molar-refractivity contribution in [2.24, 2.45) is 0 Å². The minimum atomic E-state index is -3.27. The number of sulfonamides is 1. The molecule has 0 radical (unpaired) electrons. The molecule has 0 atom stereocenters. The van der Waals surface area contributed by atoms with Gasteiger partial charge in [-0.2, -0.15) is 0 Å². The summed E-state index contributed by atoms with van der Waals surface area (Å²) in [6.45, 7) is -0.330. The molecule has 11 heteroatoms. The molecule has 1 N–H and O–H groups in total. The van der Waals surface area contributed by atoms with Crippen LogP contribution in [0.15, 0.2) is 24.3 Å². The lowest BCUT2D eigenvalue weighted by Gasteiger charge is -2.06. The second-order valence-corrected chi connectivity index (χ2v) is 9.24. The van der Waals surface area contributed by atoms with Gasteiger partial charge >= 0.3 is 5.97 Å². The molecule has 2 rings (SSSR count). The molecule has 0 fully saturated rings. The number of thiophene rings is 1. The van der Waals surface area contributed by atoms with Crippen molar-refractivity contribution >= 4 is 56.3 Å². The lowest BCUT2D eigenvalue weighted by Crippen LogP contribution is -2.24. The summed E-state index contributed by atoms with van der Waals surface area (Å²) in [6, 6.07) is 5.17. The van der Waals surface area contributed by atoms with Gasteiger partial charge in [-0.25, -0.2) is 22.3 Å². The van der Waals surface area contributed by atoms with Crippen molar-refractivity contribution in [2.75, 3.05) is 19.4 Å². The largest absolute Gasteiger partial charge is 0.454 e. The molecule has 0 saturated carbocycles. The molecule has 6 nitrogen and oxygen atoms in total. The van der Waals surface area contributed by atoms with E-state index in [-0.39, 0.29) is 22.2 Å². The summed E-state index contributed by atoms with van der Waals surface area (Å²) in [4.78, 5) is 25.2. The smallest absolute Gasteiger partial charge is 0.340 e. The maximum atomic E-state index is 13.5. The number of carbonyl (C=O) groups is 2. The highest BCUT2D eigenvalue weighted by Gasteiger charge is 2.18. The quantitative estimate of drug-likeness (QED) is 0.376. The van der Waals surface area contributed by atoms with Crippen LogP contribution in [0.25, 0.3) is 0 Å². The number of carbonyl (C=O) groups excluding carboxylic acids is 2. The molecule has 2 aromatic rings. The van der Waals surface area contributed by atoms with Crippen LogP contribution in [0.1, 0.15) is 24.9 Å². The summed E-state index contributed by atoms with van der Waals surface area (Å²) in [5.74, 6) is -2.22. The zero-order valence-corrected chi connectivity index (χ0v) is 17.1. The van der Waals surface area contributed by atoms with Crippen LogP contribution in [-0.4, -0.2) is 39.6 Å². The molecule has 0 spiro atoms. The second kappa shape index (κ2) is 9.11. The highest BCUT2D eigenvalue weighted by atomic mass is 35.5. The van der Waals surface area contributed by atoms with Gasteiger partial charge in [-0.3, -0.25) is 4.79 Å². The van der Waals surface area contributed by atoms with Gasteiger partial charge in [0, 0.05) is 11.4 Å². The molecule has 146 valence electrons. The summed E-state index contributed by atoms with van der Waals surface area (Å²) >= 11 is 12.6. The number of halogens is 3. The number of esters is 1. The maximum absolute atomic E-state index is 13.5. The summed E-state index contributed by atoms with van der Waals surface area (Å²) in [6.07, 6.45) is 1.48. The number of nitrogens with one attached hydrogen (secondary N) is 1. The van der Waals surface area contributed by atoms with Crippen molar-refractivity contribution in [1.82, 2.24) is 4.72 Å². The van der Waals surface area contributed by atoms with Crippen LogP contribution in [0.4, 0.5) is 4.39 Å². The van der Waals surface area contributed by atoms with E-state index in [4.69, 9.17) is 27.9 Å². The molecule has 0 unspecified atom stereocenters. The Morgan fingerprint density at radius 3 is 2.59 bits per heavy atom. The molecule has 0 bridgehead atoms. The maximum Gasteiger partial charge on any atom is 0.340 e. The summed E-state index contributed by atoms with van der Waals surface area (Å²) in [7, 11) is -3.27. The third kappa shape index (κ3) is 6.54. The van der Waals surface area contributed by atoms with E-state index in [1.165, 1.54) is 11.3 Å². The third-order valence-electron chi connectivity index (χ3n) is 3.24. The summed E-state index contributed by atoms with van der Waals surface area (Å²) < 4.78 is 42.7. The monoisotopic (exact) mass is 453 g/mol. The lowest BCUT2D eigenvalue weighted by molar-refractivity contribution is 0.0475. The first-order valence-corrected chi connectivity index (χ1v) is 10.9. The molecule has 27 heavy (non-hydrogen) atoms. The third-order valence-corrected chi connectivity index (χ3v) is 5.75. The first-order chi connectivity index (χ1) is 12.6. The molecule has 0 saturated heterocycles. The normalized spacial score (nSPS) is 11.4. The van der Waals surface area contributed by atoms with E-state index < -0.39 is 34.2 Å². The van der Waals surface area contributed by atoms with E-state index >= 15 is 0 Å². The number of ketones is 1. The Morgan fingerprint density at radius 1 is 1.22 bits per heavy atom. The van der Waals surface area contributed by atoms with Gasteiger partial charge in [0.1, 0.15) is 5.82 Å². The molecule has 0 amide bonds. The van der Waals surface area contributed by atoms with E-state index in [2.05, 4.69) is 4.72 Å². The number of rotatable bonds is 8. The van der Waals surface area contributed by atoms with E-state index in [0.29, 0.717) is 11.3 Å². The van der Waals surface area contributed by atoms with Gasteiger partial charge in [0.2, 0.25) is 15.8 Å². The first-order valence-electron chi connectivity index (χ1n) is 7.45. The topological polar surface area (TPSA) is 89.5 Å². The number of benzene rings is 1. The zero-order chi connectivity index (χ0) is 20.2. The van der Waals surface area contributed by atoms with Gasteiger partial charge in [-0.15, -0.1) is 11.3 Å². The van der Waals surface area contributed by atoms with E-state index in [1.54, 1.807) is 12.1 Å². The van der Waals surface area contributed by atoms with Gasteiger partial charge in [0.25, 0.3) is 0 Å². The Morgan fingerprint density at radius 2 is 1.93 bits per heavy atom. The van der Waals surface area contributed by atoms with Crippen LogP contribution in [0.5, 0.6) is 0 Å². The number of ether oxygens (including phenoxy) is 1. The Labute approximate surface area is 169 Å². The van der Waals surface area contributed by atoms with E-state index in [1.807, 2.05) is 0 Å². The van der Waals surface area contributed by atoms with Crippen molar-refractivity contribution in [2.45, 2.75) is 6.42 Å². The molecule has 1 aromatic heterocycles. The van der Waals surface area contributed by atoms with Gasteiger partial charge in [0.15, 0.2) is 6.61 Å². The average molecular weight is 454 g/mol. The molecule has 1 heterocycles. The highest BCUT2D eigenvalue weighted by molar-refractivity contribution is 7.88. The zero-order valence-electron chi connectivity index (χ0n) is 13.9. The predicted octanol–water partition coefficient (Wildman–Crippen LogP) is 3.33. The number of hydrogen-bond acceptors (Lipinski definition) is 6. The molecule has 1 aromatic carbocycles. The fraction of sp³-hybridized carbons (Fsp3) is 0.250. The Bertz CT molecular complexity index is 975. The fourth-order valence-electron chi connectivity index (χ4n) is 1.98. The van der Waals surface area contributed by atoms with Gasteiger partial charge < -0.3 is 4.74 Å². The Hall–Kier alpha value is -1.52. The Kier molecular flexibility index (Phi) is 7.35. The first kappa shape index (κ1) is 21.8. The van der Waals surface area contributed by atoms with Crippen LogP contribution < -0.4 is 4.72 Å². The van der Waals surface area contributed by atoms with Crippen molar-refractivity contribution in [3.63, 3.8) is 0 Å². The number of hydrogen-bond donors (Lipinski definition) is 1. The number of Topliss-reactive ketones (excluding diaryl/α,β-unsaturated/α-hetero) is 1. The van der Waals surface area contributed by atoms with Crippen LogP contribution in [-0.2, 0) is 21.2 Å². The molecule has 0 aliphatic carbocycles. The SMILES string of the molecule is CS(=O)(=O)NCCc1ccc(C(=O)COC(=O)c2cc(F)c(Cl)cc2Cl)s1. The van der Waals surface area contributed by atoms with Crippen LogP contribution in [0, 0.1) is 5.82 Å². The predicted molar refractivity (Wildman–Crippen MR) is 102 cm³/mol. The van der Waals surface area contributed by atoms with E-state index in [0.717, 1.165) is 23.3 Å². The average Bonchev–Trinajstić information content (AvgIpc) is 3.03. The molecular formula is C16H14Cl2FNO5S2. The van der Waals surface area contributed by atoms with E-state index in [9.17, 15) is 22.4 Å². The van der Waals surface area contributed by atoms with Crippen LogP contribution in [0.2, 0.25) is 10.0 Å². The van der Waals surface area contributed by atoms with Gasteiger partial charge in [0.05, 0.1) is 26.7 Å². The summed E-state index contributed by atoms with van der Waals surface area (Å²) in [5.41, 5.74) is -0.231. The fourth-order valence-corrected chi connectivity index (χ4v) is 3.85. The standard InChI is InChI=1S/C16H14Cl2FNO5S2/c1-27(23,24)20-5-4-9-2-3-15(26-9)14(21)8-25-16(22)10-6-13(19)12(18)7-11(10)17/h2-3,6-7,20H,4-5,8H2,1H3. The molecular weight excluding hydrogens is 440 g/mol. The molecule has 0 aliphatic heterocycles. The van der Waals surface area contributed by atoms with Crippen molar-refractivity contribution in [1.29, 1.82) is 0 Å². The summed E-state index contributed by atoms with van der Waals surface area (Å²) in [5, 5.41) is -0.320. The van der Waals surface area contributed by atoms with Crippen LogP contribution >= 0.6 is 34.5 Å². The van der Waals surface area contributed by atoms with Crippen LogP contribution in [0.3, 0.4) is 0 Å². The van der Waals surface area contributed by atoms with Crippen molar-refractivity contribution in [3.8, 4) is 0 Å². The minimum Gasteiger partial charge on any atom is -0.454 e. The minimum absolute atomic E-state index is 0.0874. The molecule has 0 aliphatic rings. The lowest BCUT2D eigenvalue weighted by atomic mass is 10.2. The highest BCUT2D eigenvalue weighted by Crippen LogP contribution is 2.25. The Balaban J connectivity index is 1.92. The van der Waals surface area contributed by atoms with Crippen molar-refractivity contribution in [3.05, 3.63) is 55.4 Å². The van der Waals surface area contributed by atoms with Gasteiger partial charge in [-0.05, 0) is 30.7 Å².